The van der Waals surface area contributed by atoms with E-state index in [0.29, 0.717) is 24.8 Å². The van der Waals surface area contributed by atoms with Gasteiger partial charge in [-0.1, -0.05) is 6.58 Å². The van der Waals surface area contributed by atoms with Crippen molar-refractivity contribution in [2.45, 2.75) is 32.4 Å². The van der Waals surface area contributed by atoms with Gasteiger partial charge >= 0.3 is 5.97 Å². The second-order valence-corrected chi connectivity index (χ2v) is 4.54. The minimum atomic E-state index is -0.303. The number of ether oxygens (including phenoxy) is 1. The van der Waals surface area contributed by atoms with Crippen molar-refractivity contribution in [3.8, 4) is 0 Å². The van der Waals surface area contributed by atoms with E-state index in [2.05, 4.69) is 11.5 Å². The van der Waals surface area contributed by atoms with Gasteiger partial charge in [-0.15, -0.1) is 0 Å². The van der Waals surface area contributed by atoms with Crippen molar-refractivity contribution in [2.75, 3.05) is 13.2 Å². The summed E-state index contributed by atoms with van der Waals surface area (Å²) in [5.41, 5.74) is 0.510. The van der Waals surface area contributed by atoms with Crippen LogP contribution in [0.3, 0.4) is 0 Å². The van der Waals surface area contributed by atoms with Gasteiger partial charge in [0.25, 0.3) is 0 Å². The largest absolute Gasteiger partial charge is 0.468 e. The number of hydrogen-bond acceptors (Lipinski definition) is 4. The molecule has 0 saturated heterocycles. The Morgan fingerprint density at radius 1 is 1.61 bits per heavy atom. The van der Waals surface area contributed by atoms with Crippen molar-refractivity contribution in [3.05, 3.63) is 36.3 Å². The van der Waals surface area contributed by atoms with Gasteiger partial charge in [-0.05, 0) is 31.9 Å². The lowest BCUT2D eigenvalue weighted by Crippen LogP contribution is -2.29. The zero-order valence-corrected chi connectivity index (χ0v) is 10.7. The average molecular weight is 249 g/mol. The molecule has 4 heteroatoms. The van der Waals surface area contributed by atoms with Crippen LogP contribution in [0.2, 0.25) is 0 Å². The maximum Gasteiger partial charge on any atom is 0.334 e. The van der Waals surface area contributed by atoms with Crippen LogP contribution in [0.25, 0.3) is 0 Å². The summed E-state index contributed by atoms with van der Waals surface area (Å²) in [6.07, 6.45) is 4.02. The quantitative estimate of drug-likeness (QED) is 0.549. The SMILES string of the molecule is C=C(CN(Cc1ccco1)C1CC1)C(=O)OCC. The third-order valence-electron chi connectivity index (χ3n) is 2.96. The molecule has 0 radical (unpaired) electrons. The summed E-state index contributed by atoms with van der Waals surface area (Å²) >= 11 is 0. The maximum atomic E-state index is 11.6. The molecule has 4 nitrogen and oxygen atoms in total. The number of furan rings is 1. The molecule has 98 valence electrons. The lowest BCUT2D eigenvalue weighted by Gasteiger charge is -2.21. The van der Waals surface area contributed by atoms with Gasteiger partial charge < -0.3 is 9.15 Å². The van der Waals surface area contributed by atoms with Gasteiger partial charge in [-0.3, -0.25) is 4.90 Å². The van der Waals surface area contributed by atoms with Gasteiger partial charge in [0.1, 0.15) is 5.76 Å². The molecule has 0 bridgehead atoms. The highest BCUT2D eigenvalue weighted by Crippen LogP contribution is 2.29. The number of nitrogens with zero attached hydrogens (tertiary/aromatic N) is 1. The molecule has 1 fully saturated rings. The molecule has 0 spiro atoms. The zero-order valence-electron chi connectivity index (χ0n) is 10.7. The van der Waals surface area contributed by atoms with E-state index in [0.717, 1.165) is 12.3 Å². The van der Waals surface area contributed by atoms with Crippen LogP contribution in [0, 0.1) is 0 Å². The van der Waals surface area contributed by atoms with Crippen molar-refractivity contribution in [3.63, 3.8) is 0 Å². The Kier molecular flexibility index (Phi) is 4.20. The van der Waals surface area contributed by atoms with E-state index in [4.69, 9.17) is 9.15 Å². The summed E-state index contributed by atoms with van der Waals surface area (Å²) in [4.78, 5) is 13.8. The molecule has 0 N–H and O–H groups in total. The molecule has 0 aromatic carbocycles. The predicted molar refractivity (Wildman–Crippen MR) is 67.9 cm³/mol. The number of carbonyl (C=O) groups excluding carboxylic acids is 1. The Balaban J connectivity index is 1.90. The van der Waals surface area contributed by atoms with Crippen LogP contribution in [0.1, 0.15) is 25.5 Å². The van der Waals surface area contributed by atoms with Crippen LogP contribution in [0.5, 0.6) is 0 Å². The van der Waals surface area contributed by atoms with Gasteiger partial charge in [0.15, 0.2) is 0 Å². The molecular weight excluding hydrogens is 230 g/mol. The van der Waals surface area contributed by atoms with Crippen LogP contribution in [0.15, 0.2) is 35.0 Å². The first-order valence-corrected chi connectivity index (χ1v) is 6.32. The fourth-order valence-electron chi connectivity index (χ4n) is 1.90. The first-order chi connectivity index (χ1) is 8.70. The Morgan fingerprint density at radius 2 is 2.39 bits per heavy atom. The van der Waals surface area contributed by atoms with E-state index in [-0.39, 0.29) is 5.97 Å². The second kappa shape index (κ2) is 5.87. The van der Waals surface area contributed by atoms with Crippen molar-refractivity contribution in [2.24, 2.45) is 0 Å². The van der Waals surface area contributed by atoms with Crippen molar-refractivity contribution < 1.29 is 13.9 Å². The summed E-state index contributed by atoms with van der Waals surface area (Å²) in [6, 6.07) is 4.37. The Hall–Kier alpha value is -1.55. The lowest BCUT2D eigenvalue weighted by atomic mass is 10.2. The van der Waals surface area contributed by atoms with Crippen LogP contribution in [-0.2, 0) is 16.1 Å². The van der Waals surface area contributed by atoms with Crippen LogP contribution >= 0.6 is 0 Å². The molecule has 18 heavy (non-hydrogen) atoms. The molecule has 0 unspecified atom stereocenters. The van der Waals surface area contributed by atoms with Gasteiger partial charge in [-0.25, -0.2) is 4.79 Å². The molecule has 1 saturated carbocycles. The highest BCUT2D eigenvalue weighted by atomic mass is 16.5. The van der Waals surface area contributed by atoms with Crippen molar-refractivity contribution in [1.82, 2.24) is 4.90 Å². The van der Waals surface area contributed by atoms with Gasteiger partial charge in [0, 0.05) is 18.2 Å². The molecule has 0 amide bonds. The number of carbonyl (C=O) groups is 1. The van der Waals surface area contributed by atoms with Gasteiger partial charge in [0.05, 0.1) is 19.4 Å². The van der Waals surface area contributed by atoms with Gasteiger partial charge in [-0.2, -0.15) is 0 Å². The summed E-state index contributed by atoms with van der Waals surface area (Å²) in [5, 5.41) is 0. The molecule has 1 aliphatic rings. The molecule has 2 rings (SSSR count). The fourth-order valence-corrected chi connectivity index (χ4v) is 1.90. The minimum Gasteiger partial charge on any atom is -0.468 e. The van der Waals surface area contributed by atoms with E-state index in [1.165, 1.54) is 12.8 Å². The van der Waals surface area contributed by atoms with Crippen LogP contribution < -0.4 is 0 Å². The molecular formula is C14H19NO3. The van der Waals surface area contributed by atoms with E-state index in [1.54, 1.807) is 13.2 Å². The Labute approximate surface area is 107 Å². The first kappa shape index (κ1) is 12.9. The van der Waals surface area contributed by atoms with Crippen LogP contribution in [0.4, 0.5) is 0 Å². The molecule has 1 aliphatic carbocycles. The zero-order chi connectivity index (χ0) is 13.0. The predicted octanol–water partition coefficient (Wildman–Crippen LogP) is 2.36. The summed E-state index contributed by atoms with van der Waals surface area (Å²) < 4.78 is 10.3. The maximum absolute atomic E-state index is 11.6. The molecule has 1 aromatic rings. The second-order valence-electron chi connectivity index (χ2n) is 4.54. The average Bonchev–Trinajstić information content (AvgIpc) is 3.07. The third kappa shape index (κ3) is 3.47. The highest BCUT2D eigenvalue weighted by Gasteiger charge is 2.30. The lowest BCUT2D eigenvalue weighted by molar-refractivity contribution is -0.138. The summed E-state index contributed by atoms with van der Waals surface area (Å²) in [7, 11) is 0. The molecule has 0 atom stereocenters. The molecule has 1 heterocycles. The smallest absolute Gasteiger partial charge is 0.334 e. The molecule has 1 aromatic heterocycles. The Morgan fingerprint density at radius 3 is 2.94 bits per heavy atom. The van der Waals surface area contributed by atoms with Crippen molar-refractivity contribution in [1.29, 1.82) is 0 Å². The summed E-state index contributed by atoms with van der Waals surface area (Å²) in [5.74, 6) is 0.612. The standard InChI is InChI=1S/C14H19NO3/c1-3-17-14(16)11(2)9-15(12-6-7-12)10-13-5-4-8-18-13/h4-5,8,12H,2-3,6-7,9-10H2,1H3. The monoisotopic (exact) mass is 249 g/mol. The third-order valence-corrected chi connectivity index (χ3v) is 2.96. The van der Waals surface area contributed by atoms with E-state index >= 15 is 0 Å². The summed E-state index contributed by atoms with van der Waals surface area (Å²) in [6.45, 7) is 7.26. The number of hydrogen-bond donors (Lipinski definition) is 0. The van der Waals surface area contributed by atoms with E-state index < -0.39 is 0 Å². The van der Waals surface area contributed by atoms with E-state index in [1.807, 2.05) is 12.1 Å². The van der Waals surface area contributed by atoms with Crippen LogP contribution in [-0.4, -0.2) is 30.1 Å². The topological polar surface area (TPSA) is 42.7 Å². The van der Waals surface area contributed by atoms with Crippen molar-refractivity contribution >= 4 is 5.97 Å². The fraction of sp³-hybridized carbons (Fsp3) is 0.500. The highest BCUT2D eigenvalue weighted by molar-refractivity contribution is 5.88. The molecule has 0 aliphatic heterocycles. The normalized spacial score (nSPS) is 14.8. The van der Waals surface area contributed by atoms with E-state index in [9.17, 15) is 4.79 Å². The minimum absolute atomic E-state index is 0.303. The first-order valence-electron chi connectivity index (χ1n) is 6.32. The Bertz CT molecular complexity index is 407. The van der Waals surface area contributed by atoms with Gasteiger partial charge in [0.2, 0.25) is 0 Å². The number of rotatable bonds is 7. The number of esters is 1.